The predicted octanol–water partition coefficient (Wildman–Crippen LogP) is 3.35. The van der Waals surface area contributed by atoms with Crippen LogP contribution in [-0.4, -0.2) is 41.5 Å². The fraction of sp³-hybridized carbons (Fsp3) is 0.571. The Labute approximate surface area is 161 Å². The largest absolute Gasteiger partial charge is 0.417 e. The van der Waals surface area contributed by atoms with E-state index in [2.05, 4.69) is 10.3 Å². The highest BCUT2D eigenvalue weighted by Crippen LogP contribution is 2.32. The summed E-state index contributed by atoms with van der Waals surface area (Å²) in [4.78, 5) is 17.4. The number of halogens is 6. The van der Waals surface area contributed by atoms with Crippen molar-refractivity contribution in [3.05, 3.63) is 22.8 Å². The van der Waals surface area contributed by atoms with E-state index in [1.54, 1.807) is 4.90 Å². The van der Waals surface area contributed by atoms with E-state index in [4.69, 9.17) is 17.3 Å². The average molecular weight is 424 g/mol. The van der Waals surface area contributed by atoms with E-state index in [1.807, 2.05) is 0 Å². The number of piperidine rings is 1. The molecule has 0 aliphatic carbocycles. The van der Waals surface area contributed by atoms with Crippen molar-refractivity contribution in [3.8, 4) is 0 Å². The Morgan fingerprint density at radius 2 is 2.12 bits per heavy atom. The molecule has 1 aromatic heterocycles. The molecule has 1 amide bonds. The minimum absolute atomic E-state index is 0. The van der Waals surface area contributed by atoms with E-state index in [0.29, 0.717) is 19.3 Å². The molecule has 0 radical (unpaired) electrons. The van der Waals surface area contributed by atoms with Gasteiger partial charge in [-0.2, -0.15) is 13.2 Å². The molecule has 3 N–H and O–H groups in total. The van der Waals surface area contributed by atoms with E-state index < -0.39 is 11.7 Å². The Hall–Kier alpha value is -0.960. The van der Waals surface area contributed by atoms with Crippen molar-refractivity contribution in [2.24, 2.45) is 5.73 Å². The molecule has 25 heavy (non-hydrogen) atoms. The van der Waals surface area contributed by atoms with Gasteiger partial charge < -0.3 is 16.0 Å². The Balaban J connectivity index is 0.00000288. The fourth-order valence-corrected chi connectivity index (χ4v) is 2.64. The number of carbonyl (C=O) groups excluding carboxylic acids is 1. The number of hydrogen-bond donors (Lipinski definition) is 2. The van der Waals surface area contributed by atoms with Gasteiger partial charge in [-0.3, -0.25) is 4.79 Å². The molecular formula is C14H20Cl3F3N4O. The maximum absolute atomic E-state index is 12.5. The van der Waals surface area contributed by atoms with Gasteiger partial charge in [0.1, 0.15) is 5.82 Å². The highest BCUT2D eigenvalue weighted by atomic mass is 35.5. The molecule has 2 rings (SSSR count). The lowest BCUT2D eigenvalue weighted by Crippen LogP contribution is -2.46. The molecule has 1 saturated heterocycles. The molecule has 1 aromatic rings. The van der Waals surface area contributed by atoms with Crippen LogP contribution in [0.15, 0.2) is 12.3 Å². The van der Waals surface area contributed by atoms with Crippen LogP contribution < -0.4 is 11.1 Å². The van der Waals surface area contributed by atoms with Crippen molar-refractivity contribution in [2.75, 3.05) is 25.0 Å². The number of pyridine rings is 1. The van der Waals surface area contributed by atoms with Crippen LogP contribution in [0.1, 0.15) is 24.8 Å². The summed E-state index contributed by atoms with van der Waals surface area (Å²) in [6.45, 7) is 1.46. The van der Waals surface area contributed by atoms with Gasteiger partial charge in [0.2, 0.25) is 5.91 Å². The van der Waals surface area contributed by atoms with Crippen molar-refractivity contribution in [3.63, 3.8) is 0 Å². The van der Waals surface area contributed by atoms with Gasteiger partial charge in [0.25, 0.3) is 0 Å². The highest BCUT2D eigenvalue weighted by molar-refractivity contribution is 6.32. The van der Waals surface area contributed by atoms with Crippen LogP contribution in [0.4, 0.5) is 19.0 Å². The first-order chi connectivity index (χ1) is 10.8. The first-order valence-electron chi connectivity index (χ1n) is 7.27. The molecule has 1 atom stereocenters. The van der Waals surface area contributed by atoms with Crippen molar-refractivity contribution >= 4 is 48.1 Å². The standard InChI is InChI=1S/C14H18ClF3N4O.2ClH/c15-11-6-9(14(16,17)18)7-21-13(11)20-4-3-12(23)22-5-1-2-10(19)8-22;;/h6-7,10H,1-5,8,19H2,(H,20,21);2*1H. The first kappa shape index (κ1) is 24.0. The zero-order chi connectivity index (χ0) is 17.0. The second kappa shape index (κ2) is 10.3. The molecule has 0 bridgehead atoms. The molecule has 0 aromatic carbocycles. The maximum atomic E-state index is 12.5. The zero-order valence-electron chi connectivity index (χ0n) is 13.2. The summed E-state index contributed by atoms with van der Waals surface area (Å²) in [5.74, 6) is 0.0819. The van der Waals surface area contributed by atoms with Gasteiger partial charge in [-0.25, -0.2) is 4.98 Å². The lowest BCUT2D eigenvalue weighted by Gasteiger charge is -2.30. The van der Waals surface area contributed by atoms with E-state index >= 15 is 0 Å². The lowest BCUT2D eigenvalue weighted by molar-refractivity contribution is -0.137. The van der Waals surface area contributed by atoms with Crippen LogP contribution in [0.3, 0.4) is 0 Å². The Kier molecular flexibility index (Phi) is 9.86. The third-order valence-corrected chi connectivity index (χ3v) is 3.90. The zero-order valence-corrected chi connectivity index (χ0v) is 15.6. The van der Waals surface area contributed by atoms with E-state index in [1.165, 1.54) is 0 Å². The highest BCUT2D eigenvalue weighted by Gasteiger charge is 2.31. The van der Waals surface area contributed by atoms with Crippen LogP contribution >= 0.6 is 36.4 Å². The molecule has 144 valence electrons. The molecule has 1 aliphatic heterocycles. The summed E-state index contributed by atoms with van der Waals surface area (Å²) in [7, 11) is 0. The number of aromatic nitrogens is 1. The third kappa shape index (κ3) is 7.05. The van der Waals surface area contributed by atoms with Crippen molar-refractivity contribution in [1.82, 2.24) is 9.88 Å². The molecule has 0 saturated carbocycles. The van der Waals surface area contributed by atoms with Crippen LogP contribution in [0, 0.1) is 0 Å². The number of nitrogens with two attached hydrogens (primary N) is 1. The molecule has 11 heteroatoms. The number of anilines is 1. The Bertz CT molecular complexity index is 575. The SMILES string of the molecule is Cl.Cl.NC1CCCN(C(=O)CCNc2ncc(C(F)(F)F)cc2Cl)C1. The smallest absolute Gasteiger partial charge is 0.368 e. The number of rotatable bonds is 4. The molecule has 5 nitrogen and oxygen atoms in total. The second-order valence-corrected chi connectivity index (χ2v) is 5.88. The summed E-state index contributed by atoms with van der Waals surface area (Å²) >= 11 is 5.78. The minimum atomic E-state index is -4.49. The summed E-state index contributed by atoms with van der Waals surface area (Å²) in [5, 5.41) is 2.65. The molecule has 0 spiro atoms. The van der Waals surface area contributed by atoms with Gasteiger partial charge in [-0.1, -0.05) is 11.6 Å². The van der Waals surface area contributed by atoms with Crippen LogP contribution in [0.2, 0.25) is 5.02 Å². The second-order valence-electron chi connectivity index (χ2n) is 5.47. The number of nitrogens with zero attached hydrogens (tertiary/aromatic N) is 2. The summed E-state index contributed by atoms with van der Waals surface area (Å²) in [6.07, 6.45) is -1.79. The minimum Gasteiger partial charge on any atom is -0.368 e. The Morgan fingerprint density at radius 1 is 1.44 bits per heavy atom. The Morgan fingerprint density at radius 3 is 2.68 bits per heavy atom. The quantitative estimate of drug-likeness (QED) is 0.779. The van der Waals surface area contributed by atoms with Crippen LogP contribution in [0.5, 0.6) is 0 Å². The molecule has 1 unspecified atom stereocenters. The maximum Gasteiger partial charge on any atom is 0.417 e. The molecular weight excluding hydrogens is 404 g/mol. The number of likely N-dealkylation sites (tertiary alicyclic amines) is 1. The lowest BCUT2D eigenvalue weighted by atomic mass is 10.1. The van der Waals surface area contributed by atoms with Crippen LogP contribution in [-0.2, 0) is 11.0 Å². The van der Waals surface area contributed by atoms with Gasteiger partial charge in [0.15, 0.2) is 0 Å². The normalized spacial score (nSPS) is 17.3. The number of nitrogens with one attached hydrogen (secondary N) is 1. The summed E-state index contributed by atoms with van der Waals surface area (Å²) in [5.41, 5.74) is 4.91. The number of carbonyl (C=O) groups is 1. The topological polar surface area (TPSA) is 71.2 Å². The van der Waals surface area contributed by atoms with Gasteiger partial charge in [0, 0.05) is 38.3 Å². The summed E-state index contributed by atoms with van der Waals surface area (Å²) < 4.78 is 37.5. The number of hydrogen-bond acceptors (Lipinski definition) is 4. The van der Waals surface area contributed by atoms with E-state index in [9.17, 15) is 18.0 Å². The van der Waals surface area contributed by atoms with E-state index in [-0.39, 0.29) is 60.6 Å². The van der Waals surface area contributed by atoms with Crippen molar-refractivity contribution in [1.29, 1.82) is 0 Å². The van der Waals surface area contributed by atoms with Gasteiger partial charge in [-0.15, -0.1) is 24.8 Å². The third-order valence-electron chi connectivity index (χ3n) is 3.61. The van der Waals surface area contributed by atoms with Gasteiger partial charge in [-0.05, 0) is 18.9 Å². The van der Waals surface area contributed by atoms with Crippen molar-refractivity contribution in [2.45, 2.75) is 31.5 Å². The van der Waals surface area contributed by atoms with Crippen LogP contribution in [0.25, 0.3) is 0 Å². The monoisotopic (exact) mass is 422 g/mol. The van der Waals surface area contributed by atoms with E-state index in [0.717, 1.165) is 18.9 Å². The van der Waals surface area contributed by atoms with Crippen molar-refractivity contribution < 1.29 is 18.0 Å². The van der Waals surface area contributed by atoms with Gasteiger partial charge >= 0.3 is 6.18 Å². The predicted molar refractivity (Wildman–Crippen MR) is 95.6 cm³/mol. The first-order valence-corrected chi connectivity index (χ1v) is 7.65. The van der Waals surface area contributed by atoms with Gasteiger partial charge in [0.05, 0.1) is 10.6 Å². The molecule has 1 fully saturated rings. The number of amides is 1. The number of alkyl halides is 3. The summed E-state index contributed by atoms with van der Waals surface area (Å²) in [6, 6.07) is 0.814. The molecule has 2 heterocycles. The fourth-order valence-electron chi connectivity index (χ4n) is 2.41. The molecule has 1 aliphatic rings. The average Bonchev–Trinajstić information content (AvgIpc) is 2.47.